The molecule has 2 fully saturated rings. The lowest BCUT2D eigenvalue weighted by Gasteiger charge is -2.34. The van der Waals surface area contributed by atoms with Gasteiger partial charge in [-0.15, -0.1) is 5.10 Å². The molecule has 3 heterocycles. The number of amides is 1. The predicted octanol–water partition coefficient (Wildman–Crippen LogP) is -0.177. The second kappa shape index (κ2) is 7.64. The topological polar surface area (TPSA) is 85.2 Å². The van der Waals surface area contributed by atoms with E-state index in [0.717, 1.165) is 26.1 Å². The van der Waals surface area contributed by atoms with Crippen LogP contribution in [0.2, 0.25) is 0 Å². The van der Waals surface area contributed by atoms with Crippen molar-refractivity contribution in [2.75, 3.05) is 26.3 Å². The quantitative estimate of drug-likeness (QED) is 0.785. The Morgan fingerprint density at radius 3 is 2.91 bits per heavy atom. The van der Waals surface area contributed by atoms with Crippen LogP contribution in [-0.4, -0.2) is 69.4 Å². The van der Waals surface area contributed by atoms with Crippen molar-refractivity contribution in [3.8, 4) is 0 Å². The van der Waals surface area contributed by atoms with E-state index in [1.165, 1.54) is 19.3 Å². The maximum Gasteiger partial charge on any atom is 0.220 e. The van der Waals surface area contributed by atoms with Crippen molar-refractivity contribution in [3.05, 3.63) is 6.33 Å². The van der Waals surface area contributed by atoms with E-state index in [-0.39, 0.29) is 11.9 Å². The third kappa shape index (κ3) is 4.01. The largest absolute Gasteiger partial charge is 0.378 e. The highest BCUT2D eigenvalue weighted by atomic mass is 16.5. The fourth-order valence-corrected chi connectivity index (χ4v) is 3.25. The molecule has 1 aromatic heterocycles. The lowest BCUT2D eigenvalue weighted by atomic mass is 10.0. The first-order valence-corrected chi connectivity index (χ1v) is 8.15. The Kier molecular flexibility index (Phi) is 5.33. The zero-order chi connectivity index (χ0) is 15.2. The minimum Gasteiger partial charge on any atom is -0.378 e. The van der Waals surface area contributed by atoms with Crippen molar-refractivity contribution in [2.24, 2.45) is 0 Å². The molecule has 2 aliphatic heterocycles. The standard InChI is InChI=1S/C14H24N6O2/c21-14(5-4-8-20-11-15-17-18-20)16-12-9-22-10-13(12)19-6-2-1-3-7-19/h11-13H,1-10H2,(H,16,21)/t12-,13-/m0/s1. The molecule has 22 heavy (non-hydrogen) atoms. The first-order chi connectivity index (χ1) is 10.8. The van der Waals surface area contributed by atoms with Crippen LogP contribution in [0.5, 0.6) is 0 Å². The minimum atomic E-state index is 0.0885. The van der Waals surface area contributed by atoms with Crippen LogP contribution in [0, 0.1) is 0 Å². The lowest BCUT2D eigenvalue weighted by Crippen LogP contribution is -2.52. The number of ether oxygens (including phenoxy) is 1. The maximum atomic E-state index is 12.1. The number of hydrogen-bond donors (Lipinski definition) is 1. The average molecular weight is 308 g/mol. The van der Waals surface area contributed by atoms with Gasteiger partial charge in [-0.1, -0.05) is 6.42 Å². The molecule has 2 aliphatic rings. The van der Waals surface area contributed by atoms with Crippen molar-refractivity contribution >= 4 is 5.91 Å². The number of hydrogen-bond acceptors (Lipinski definition) is 6. The molecule has 0 aliphatic carbocycles. The molecule has 0 bridgehead atoms. The summed E-state index contributed by atoms with van der Waals surface area (Å²) in [6, 6.07) is 0.461. The number of piperidine rings is 1. The van der Waals surface area contributed by atoms with E-state index in [0.29, 0.717) is 25.6 Å². The van der Waals surface area contributed by atoms with Gasteiger partial charge in [-0.05, 0) is 42.8 Å². The van der Waals surface area contributed by atoms with Gasteiger partial charge in [0.2, 0.25) is 5.91 Å². The minimum absolute atomic E-state index is 0.0885. The first kappa shape index (κ1) is 15.4. The van der Waals surface area contributed by atoms with Crippen molar-refractivity contribution in [1.29, 1.82) is 0 Å². The maximum absolute atomic E-state index is 12.1. The summed E-state index contributed by atoms with van der Waals surface area (Å²) in [5.41, 5.74) is 0. The normalized spacial score (nSPS) is 26.2. The van der Waals surface area contributed by atoms with Gasteiger partial charge < -0.3 is 10.1 Å². The molecule has 1 aromatic rings. The highest BCUT2D eigenvalue weighted by Crippen LogP contribution is 2.19. The number of carbonyl (C=O) groups is 1. The van der Waals surface area contributed by atoms with Gasteiger partial charge in [0.05, 0.1) is 25.3 Å². The molecule has 122 valence electrons. The van der Waals surface area contributed by atoms with Gasteiger partial charge in [0, 0.05) is 13.0 Å². The molecule has 8 nitrogen and oxygen atoms in total. The number of tetrazole rings is 1. The molecule has 0 spiro atoms. The fourth-order valence-electron chi connectivity index (χ4n) is 3.25. The summed E-state index contributed by atoms with van der Waals surface area (Å²) < 4.78 is 7.24. The van der Waals surface area contributed by atoms with Crippen molar-refractivity contribution in [3.63, 3.8) is 0 Å². The second-order valence-electron chi connectivity index (χ2n) is 6.05. The van der Waals surface area contributed by atoms with Crippen LogP contribution in [-0.2, 0) is 16.1 Å². The Morgan fingerprint density at radius 2 is 2.14 bits per heavy atom. The zero-order valence-corrected chi connectivity index (χ0v) is 12.9. The van der Waals surface area contributed by atoms with Gasteiger partial charge >= 0.3 is 0 Å². The highest BCUT2D eigenvalue weighted by molar-refractivity contribution is 5.76. The van der Waals surface area contributed by atoms with Crippen molar-refractivity contribution < 1.29 is 9.53 Å². The predicted molar refractivity (Wildman–Crippen MR) is 79.0 cm³/mol. The summed E-state index contributed by atoms with van der Waals surface area (Å²) in [6.07, 6.45) is 6.61. The summed E-state index contributed by atoms with van der Waals surface area (Å²) in [6.45, 7) is 4.27. The fraction of sp³-hybridized carbons (Fsp3) is 0.857. The Hall–Kier alpha value is -1.54. The average Bonchev–Trinajstić information content (AvgIpc) is 3.20. The SMILES string of the molecule is O=C(CCCn1cnnn1)N[C@H]1COC[C@@H]1N1CCCCC1. The van der Waals surface area contributed by atoms with E-state index in [4.69, 9.17) is 4.74 Å². The Balaban J connectivity index is 1.41. The van der Waals surface area contributed by atoms with E-state index in [2.05, 4.69) is 25.7 Å². The first-order valence-electron chi connectivity index (χ1n) is 8.15. The van der Waals surface area contributed by atoms with Gasteiger partial charge in [0.25, 0.3) is 0 Å². The molecule has 1 N–H and O–H groups in total. The molecular weight excluding hydrogens is 284 g/mol. The van der Waals surface area contributed by atoms with E-state index in [9.17, 15) is 4.79 Å². The van der Waals surface area contributed by atoms with Crippen LogP contribution >= 0.6 is 0 Å². The molecule has 0 radical (unpaired) electrons. The number of aryl methyl sites for hydroxylation is 1. The van der Waals surface area contributed by atoms with Crippen LogP contribution in [0.1, 0.15) is 32.1 Å². The summed E-state index contributed by atoms with van der Waals surface area (Å²) in [5, 5.41) is 14.1. The molecule has 0 saturated carbocycles. The molecule has 3 rings (SSSR count). The van der Waals surface area contributed by atoms with Crippen LogP contribution in [0.4, 0.5) is 0 Å². The molecule has 0 unspecified atom stereocenters. The second-order valence-corrected chi connectivity index (χ2v) is 6.05. The molecule has 1 amide bonds. The van der Waals surface area contributed by atoms with Crippen LogP contribution in [0.25, 0.3) is 0 Å². The molecule has 2 atom stereocenters. The summed E-state index contributed by atoms with van der Waals surface area (Å²) in [4.78, 5) is 14.6. The Labute approximate surface area is 130 Å². The van der Waals surface area contributed by atoms with Crippen LogP contribution in [0.3, 0.4) is 0 Å². The highest BCUT2D eigenvalue weighted by Gasteiger charge is 2.34. The number of carbonyl (C=O) groups excluding carboxylic acids is 1. The number of nitrogens with zero attached hydrogens (tertiary/aromatic N) is 5. The van der Waals surface area contributed by atoms with Crippen molar-refractivity contribution in [2.45, 2.75) is 50.7 Å². The van der Waals surface area contributed by atoms with Gasteiger partial charge in [0.15, 0.2) is 0 Å². The monoisotopic (exact) mass is 308 g/mol. The molecule has 0 aromatic carbocycles. The number of rotatable bonds is 6. The van der Waals surface area contributed by atoms with E-state index in [1.807, 2.05) is 0 Å². The number of likely N-dealkylation sites (tertiary alicyclic amines) is 1. The summed E-state index contributed by atoms with van der Waals surface area (Å²) >= 11 is 0. The lowest BCUT2D eigenvalue weighted by molar-refractivity contribution is -0.122. The number of nitrogens with one attached hydrogen (secondary N) is 1. The van der Waals surface area contributed by atoms with Gasteiger partial charge in [-0.25, -0.2) is 4.68 Å². The molecular formula is C14H24N6O2. The Bertz CT molecular complexity index is 460. The van der Waals surface area contributed by atoms with Crippen LogP contribution < -0.4 is 5.32 Å². The van der Waals surface area contributed by atoms with Crippen molar-refractivity contribution in [1.82, 2.24) is 30.4 Å². The zero-order valence-electron chi connectivity index (χ0n) is 12.9. The van der Waals surface area contributed by atoms with E-state index in [1.54, 1.807) is 11.0 Å². The third-order valence-corrected chi connectivity index (χ3v) is 4.44. The smallest absolute Gasteiger partial charge is 0.220 e. The molecule has 8 heteroatoms. The van der Waals surface area contributed by atoms with E-state index >= 15 is 0 Å². The van der Waals surface area contributed by atoms with Gasteiger partial charge in [-0.3, -0.25) is 9.69 Å². The van der Waals surface area contributed by atoms with Crippen LogP contribution in [0.15, 0.2) is 6.33 Å². The van der Waals surface area contributed by atoms with Gasteiger partial charge in [0.1, 0.15) is 6.33 Å². The third-order valence-electron chi connectivity index (χ3n) is 4.44. The Morgan fingerprint density at radius 1 is 1.27 bits per heavy atom. The molecule has 2 saturated heterocycles. The summed E-state index contributed by atoms with van der Waals surface area (Å²) in [7, 11) is 0. The van der Waals surface area contributed by atoms with E-state index < -0.39 is 0 Å². The van der Waals surface area contributed by atoms with Gasteiger partial charge in [-0.2, -0.15) is 0 Å². The number of aromatic nitrogens is 4. The summed E-state index contributed by atoms with van der Waals surface area (Å²) in [5.74, 6) is 0.0885.